The molecule has 0 radical (unpaired) electrons. The van der Waals surface area contributed by atoms with Gasteiger partial charge >= 0.3 is 5.97 Å². The number of pyridine rings is 1. The second-order valence-corrected chi connectivity index (χ2v) is 13.9. The van der Waals surface area contributed by atoms with Crippen molar-refractivity contribution in [1.82, 2.24) is 15.2 Å². The van der Waals surface area contributed by atoms with Crippen molar-refractivity contribution in [2.45, 2.75) is 58.4 Å². The average Bonchev–Trinajstić information content (AvgIpc) is 3.65. The van der Waals surface area contributed by atoms with Gasteiger partial charge in [-0.3, -0.25) is 15.1 Å². The molecule has 1 aliphatic rings. The van der Waals surface area contributed by atoms with Crippen LogP contribution in [0.25, 0.3) is 11.1 Å². The molecule has 0 saturated carbocycles. The number of halogens is 2. The van der Waals surface area contributed by atoms with Crippen molar-refractivity contribution in [3.63, 3.8) is 0 Å². The number of anilines is 1. The quantitative estimate of drug-likeness (QED) is 0.0485. The van der Waals surface area contributed by atoms with Gasteiger partial charge in [-0.25, -0.2) is 0 Å². The zero-order chi connectivity index (χ0) is 36.2. The molecule has 1 unspecified atom stereocenters. The van der Waals surface area contributed by atoms with Crippen LogP contribution in [-0.2, 0) is 24.6 Å². The molecule has 0 aliphatic carbocycles. The van der Waals surface area contributed by atoms with E-state index < -0.39 is 18.6 Å². The molecular weight excluding hydrogens is 734 g/mol. The van der Waals surface area contributed by atoms with E-state index in [-0.39, 0.29) is 19.8 Å². The minimum absolute atomic E-state index is 0.0917. The lowest BCUT2D eigenvalue weighted by Crippen LogP contribution is -2.39. The summed E-state index contributed by atoms with van der Waals surface area (Å²) in [6.07, 6.45) is 9.72. The number of benzene rings is 3. The molecule has 1 atom stereocenters. The van der Waals surface area contributed by atoms with Crippen molar-refractivity contribution in [3.05, 3.63) is 104 Å². The second-order valence-electron chi connectivity index (χ2n) is 12.7. The van der Waals surface area contributed by atoms with E-state index in [1.807, 2.05) is 49.4 Å². The number of hydrogen-bond donors (Lipinski definition) is 5. The molecule has 0 spiro atoms. The van der Waals surface area contributed by atoms with E-state index >= 15 is 0 Å². The summed E-state index contributed by atoms with van der Waals surface area (Å²) < 4.78 is 13.3. The summed E-state index contributed by atoms with van der Waals surface area (Å²) in [5, 5.41) is 33.9. The Morgan fingerprint density at radius 2 is 1.80 bits per heavy atom. The van der Waals surface area contributed by atoms with Crippen LogP contribution in [0.2, 0.25) is 5.02 Å². The number of carboxylic acid groups (broad SMARTS) is 1. The maximum Gasteiger partial charge on any atom is 0.323 e. The van der Waals surface area contributed by atoms with Crippen LogP contribution in [0.1, 0.15) is 53.5 Å². The molecule has 12 heteroatoms. The Kier molecular flexibility index (Phi) is 14.3. The number of aliphatic hydroxyl groups excluding tert-OH is 1. The Bertz CT molecular complexity index is 1800. The highest BCUT2D eigenvalue weighted by Crippen LogP contribution is 2.38. The number of aromatic nitrogens is 1. The zero-order valence-corrected chi connectivity index (χ0v) is 31.1. The summed E-state index contributed by atoms with van der Waals surface area (Å²) in [7, 11) is 0. The first-order chi connectivity index (χ1) is 24.8. The molecule has 1 saturated heterocycles. The van der Waals surface area contributed by atoms with Crippen LogP contribution in [0.5, 0.6) is 11.5 Å². The van der Waals surface area contributed by atoms with Crippen molar-refractivity contribution in [1.29, 1.82) is 5.41 Å². The van der Waals surface area contributed by atoms with Crippen LogP contribution in [0.3, 0.4) is 0 Å². The molecule has 3 aromatic carbocycles. The Morgan fingerprint density at radius 3 is 2.55 bits per heavy atom. The van der Waals surface area contributed by atoms with Crippen molar-refractivity contribution in [3.8, 4) is 22.6 Å². The number of nitrogens with zero attached hydrogens (tertiary/aromatic N) is 2. The van der Waals surface area contributed by atoms with Gasteiger partial charge in [-0.2, -0.15) is 0 Å². The molecule has 270 valence electrons. The fourth-order valence-corrected chi connectivity index (χ4v) is 6.97. The van der Waals surface area contributed by atoms with Crippen LogP contribution in [0.4, 0.5) is 5.69 Å². The summed E-state index contributed by atoms with van der Waals surface area (Å²) in [4.78, 5) is 18.3. The Balaban J connectivity index is 1.31. The van der Waals surface area contributed by atoms with Gasteiger partial charge in [-0.15, -0.1) is 0 Å². The van der Waals surface area contributed by atoms with E-state index in [4.69, 9.17) is 26.5 Å². The first-order valence-electron chi connectivity index (χ1n) is 17.2. The number of hydrogen-bond acceptors (Lipinski definition) is 9. The molecule has 5 rings (SSSR count). The fraction of sp³-hybridized carbons (Fsp3) is 0.359. The summed E-state index contributed by atoms with van der Waals surface area (Å²) in [6.45, 7) is 6.31. The average molecular weight is 779 g/mol. The second kappa shape index (κ2) is 19.0. The lowest BCUT2D eigenvalue weighted by molar-refractivity contribution is -0.140. The van der Waals surface area contributed by atoms with E-state index in [1.165, 1.54) is 32.1 Å². The number of likely N-dealkylation sites (tertiary alicyclic amines) is 1. The molecule has 10 nitrogen and oxygen atoms in total. The van der Waals surface area contributed by atoms with Gasteiger partial charge in [0, 0.05) is 70.2 Å². The lowest BCUT2D eigenvalue weighted by atomic mass is 9.97. The highest BCUT2D eigenvalue weighted by molar-refractivity contribution is 9.10. The highest BCUT2D eigenvalue weighted by atomic mass is 79.9. The minimum Gasteiger partial charge on any atom is -0.488 e. The molecule has 2 heterocycles. The predicted octanol–water partition coefficient (Wildman–Crippen LogP) is 7.45. The van der Waals surface area contributed by atoms with Crippen LogP contribution in [-0.4, -0.2) is 71.1 Å². The number of carboxylic acids is 1. The fourth-order valence-electron chi connectivity index (χ4n) is 6.13. The molecular formula is C39H45BrClN5O5. The Labute approximate surface area is 312 Å². The number of aliphatic carboxylic acids is 1. The Hall–Kier alpha value is -4.00. The summed E-state index contributed by atoms with van der Waals surface area (Å²) in [5.41, 5.74) is 6.97. The summed E-state index contributed by atoms with van der Waals surface area (Å²) in [6, 6.07) is 16.2. The topological polar surface area (TPSA) is 140 Å². The number of rotatable bonds is 19. The predicted molar refractivity (Wildman–Crippen MR) is 205 cm³/mol. The first kappa shape index (κ1) is 38.2. The van der Waals surface area contributed by atoms with Crippen molar-refractivity contribution in [2.75, 3.05) is 38.1 Å². The van der Waals surface area contributed by atoms with Crippen molar-refractivity contribution < 1.29 is 24.5 Å². The third-order valence-corrected chi connectivity index (χ3v) is 10.1. The van der Waals surface area contributed by atoms with Crippen LogP contribution >= 0.6 is 27.5 Å². The summed E-state index contributed by atoms with van der Waals surface area (Å²) in [5.74, 6) is -0.318. The first-order valence-corrected chi connectivity index (χ1v) is 18.4. The molecule has 1 aromatic heterocycles. The summed E-state index contributed by atoms with van der Waals surface area (Å²) >= 11 is 10.5. The van der Waals surface area contributed by atoms with E-state index in [2.05, 4.69) is 36.4 Å². The van der Waals surface area contributed by atoms with E-state index in [0.29, 0.717) is 22.1 Å². The number of carbonyl (C=O) groups is 1. The normalized spacial score (nSPS) is 13.6. The van der Waals surface area contributed by atoms with Gasteiger partial charge < -0.3 is 35.3 Å². The van der Waals surface area contributed by atoms with Crippen LogP contribution < -0.4 is 20.1 Å². The highest BCUT2D eigenvalue weighted by Gasteiger charge is 2.19. The van der Waals surface area contributed by atoms with Gasteiger partial charge in [0.05, 0.1) is 11.6 Å². The van der Waals surface area contributed by atoms with Crippen molar-refractivity contribution in [2.24, 2.45) is 0 Å². The van der Waals surface area contributed by atoms with Gasteiger partial charge in [-0.1, -0.05) is 41.9 Å². The maximum atomic E-state index is 11.5. The molecule has 1 aliphatic heterocycles. The van der Waals surface area contributed by atoms with Gasteiger partial charge in [0.25, 0.3) is 0 Å². The van der Waals surface area contributed by atoms with Gasteiger partial charge in [-0.05, 0) is 103 Å². The van der Waals surface area contributed by atoms with E-state index in [0.717, 1.165) is 69.5 Å². The number of nitrogens with one attached hydrogen (secondary N) is 3. The smallest absolute Gasteiger partial charge is 0.323 e. The molecule has 1 fully saturated rings. The standard InChI is InChI=1S/C39H45BrClN5O5/c1-26-16-27(21-43-20-26)24-50-36-18-37(33(41)17-29(36)22-45-35(23-47)39(48)49)51-25-28-8-6-10-31(38(28)40)30-9-7-11-34(32(30)19-42)44-12-2-3-13-46-14-4-5-15-46/h6-11,16-21,35,42,44-45,47H,2-5,12-15,22-25H2,1H3,(H,48,49). The van der Waals surface area contributed by atoms with E-state index in [1.54, 1.807) is 24.5 Å². The third-order valence-electron chi connectivity index (χ3n) is 8.88. The number of aliphatic hydroxyl groups is 1. The van der Waals surface area contributed by atoms with Gasteiger partial charge in [0.15, 0.2) is 0 Å². The molecule has 0 amide bonds. The third kappa shape index (κ3) is 10.5. The molecule has 0 bridgehead atoms. The number of ether oxygens (including phenoxy) is 2. The molecule has 4 aromatic rings. The number of aryl methyl sites for hydroxylation is 1. The van der Waals surface area contributed by atoms with E-state index in [9.17, 15) is 15.0 Å². The largest absolute Gasteiger partial charge is 0.488 e. The lowest BCUT2D eigenvalue weighted by Gasteiger charge is -2.19. The zero-order valence-electron chi connectivity index (χ0n) is 28.8. The molecule has 5 N–H and O–H groups in total. The number of unbranched alkanes of at least 4 members (excludes halogenated alkanes) is 1. The Morgan fingerprint density at radius 1 is 1.04 bits per heavy atom. The SMILES string of the molecule is Cc1cncc(COc2cc(OCc3cccc(-c4cccc(NCCCCN5CCCC5)c4C=N)c3Br)c(Cl)cc2CNC(CO)C(=O)O)c1. The maximum absolute atomic E-state index is 11.5. The van der Waals surface area contributed by atoms with Gasteiger partial charge in [0.1, 0.15) is 30.8 Å². The minimum atomic E-state index is -1.16. The van der Waals surface area contributed by atoms with Crippen LogP contribution in [0, 0.1) is 12.3 Å². The van der Waals surface area contributed by atoms with Crippen LogP contribution in [0.15, 0.2) is 71.5 Å². The van der Waals surface area contributed by atoms with Crippen molar-refractivity contribution >= 4 is 45.4 Å². The van der Waals surface area contributed by atoms with Gasteiger partial charge in [0.2, 0.25) is 0 Å². The monoisotopic (exact) mass is 777 g/mol. The molecule has 51 heavy (non-hydrogen) atoms.